The quantitative estimate of drug-likeness (QED) is 0.559. The van der Waals surface area contributed by atoms with Crippen molar-refractivity contribution in [3.8, 4) is 0 Å². The SMILES string of the molecule is Cc1cccc(NC(=O)c2ccc(Cn3nc(C)c(S(=O)(=O)N4CCCCC4)c3C)cc2)c1C. The first-order valence-corrected chi connectivity index (χ1v) is 13.1. The molecule has 0 saturated carbocycles. The third kappa shape index (κ3) is 4.79. The highest BCUT2D eigenvalue weighted by Gasteiger charge is 2.31. The molecule has 8 heteroatoms. The lowest BCUT2D eigenvalue weighted by Crippen LogP contribution is -2.36. The predicted octanol–water partition coefficient (Wildman–Crippen LogP) is 4.59. The van der Waals surface area contributed by atoms with Gasteiger partial charge in [-0.05, 0) is 75.4 Å². The number of rotatable bonds is 6. The average molecular weight is 481 g/mol. The second-order valence-corrected chi connectivity index (χ2v) is 10.9. The van der Waals surface area contributed by atoms with Crippen LogP contribution in [0.3, 0.4) is 0 Å². The van der Waals surface area contributed by atoms with Crippen molar-refractivity contribution in [1.29, 1.82) is 0 Å². The summed E-state index contributed by atoms with van der Waals surface area (Å²) in [5, 5.41) is 7.51. The standard InChI is InChI=1S/C26H32N4O3S/c1-18-9-8-10-24(19(18)2)27-26(31)23-13-11-22(12-14-23)17-30-21(4)25(20(3)28-30)34(32,33)29-15-6-5-7-16-29/h8-14H,5-7,15-17H2,1-4H3,(H,27,31). The summed E-state index contributed by atoms with van der Waals surface area (Å²) in [5.74, 6) is -0.165. The second kappa shape index (κ2) is 9.72. The van der Waals surface area contributed by atoms with Crippen molar-refractivity contribution < 1.29 is 13.2 Å². The summed E-state index contributed by atoms with van der Waals surface area (Å²) in [5.41, 5.74) is 5.64. The number of aromatic nitrogens is 2. The first-order chi connectivity index (χ1) is 16.2. The number of hydrogen-bond donors (Lipinski definition) is 1. The van der Waals surface area contributed by atoms with Gasteiger partial charge in [0.05, 0.1) is 17.9 Å². The highest BCUT2D eigenvalue weighted by atomic mass is 32.2. The molecule has 3 aromatic rings. The van der Waals surface area contributed by atoms with Gasteiger partial charge in [-0.3, -0.25) is 9.48 Å². The smallest absolute Gasteiger partial charge is 0.255 e. The summed E-state index contributed by atoms with van der Waals surface area (Å²) in [6.07, 6.45) is 2.87. The fourth-order valence-electron chi connectivity index (χ4n) is 4.46. The number of aryl methyl sites for hydroxylation is 2. The van der Waals surface area contributed by atoms with Crippen molar-refractivity contribution in [1.82, 2.24) is 14.1 Å². The third-order valence-corrected chi connectivity index (χ3v) is 8.78. The Morgan fingerprint density at radius 2 is 1.65 bits per heavy atom. The van der Waals surface area contributed by atoms with Crippen LogP contribution in [0.1, 0.15) is 57.7 Å². The number of benzene rings is 2. The van der Waals surface area contributed by atoms with Gasteiger partial charge < -0.3 is 5.32 Å². The fraction of sp³-hybridized carbons (Fsp3) is 0.385. The van der Waals surface area contributed by atoms with Crippen LogP contribution >= 0.6 is 0 Å². The van der Waals surface area contributed by atoms with Crippen LogP contribution in [0.25, 0.3) is 0 Å². The van der Waals surface area contributed by atoms with Crippen LogP contribution in [-0.2, 0) is 16.6 Å². The Morgan fingerprint density at radius 1 is 0.971 bits per heavy atom. The van der Waals surface area contributed by atoms with Crippen molar-refractivity contribution >= 4 is 21.6 Å². The number of amides is 1. The Morgan fingerprint density at radius 3 is 2.32 bits per heavy atom. The molecule has 180 valence electrons. The molecule has 1 aliphatic heterocycles. The van der Waals surface area contributed by atoms with Crippen LogP contribution in [0.5, 0.6) is 0 Å². The summed E-state index contributed by atoms with van der Waals surface area (Å²) in [4.78, 5) is 13.0. The van der Waals surface area contributed by atoms with E-state index in [-0.39, 0.29) is 5.91 Å². The van der Waals surface area contributed by atoms with Crippen molar-refractivity contribution in [2.45, 2.75) is 58.4 Å². The lowest BCUT2D eigenvalue weighted by Gasteiger charge is -2.26. The van der Waals surface area contributed by atoms with E-state index in [1.807, 2.05) is 51.1 Å². The van der Waals surface area contributed by atoms with Crippen LogP contribution in [0.15, 0.2) is 47.4 Å². The number of sulfonamides is 1. The molecule has 2 heterocycles. The highest BCUT2D eigenvalue weighted by Crippen LogP contribution is 2.26. The minimum Gasteiger partial charge on any atom is -0.322 e. The maximum atomic E-state index is 13.2. The molecule has 2 aromatic carbocycles. The number of hydrogen-bond acceptors (Lipinski definition) is 4. The highest BCUT2D eigenvalue weighted by molar-refractivity contribution is 7.89. The number of piperidine rings is 1. The Kier molecular flexibility index (Phi) is 6.91. The molecule has 34 heavy (non-hydrogen) atoms. The molecule has 1 aromatic heterocycles. The zero-order valence-electron chi connectivity index (χ0n) is 20.3. The van der Waals surface area contributed by atoms with E-state index < -0.39 is 10.0 Å². The largest absolute Gasteiger partial charge is 0.322 e. The topological polar surface area (TPSA) is 84.3 Å². The number of carbonyl (C=O) groups excluding carboxylic acids is 1. The molecule has 7 nitrogen and oxygen atoms in total. The van der Waals surface area contributed by atoms with Crippen molar-refractivity contribution in [2.24, 2.45) is 0 Å². The summed E-state index contributed by atoms with van der Waals surface area (Å²) in [6, 6.07) is 13.2. The molecule has 1 N–H and O–H groups in total. The maximum absolute atomic E-state index is 13.2. The van der Waals surface area contributed by atoms with Gasteiger partial charge in [0, 0.05) is 24.3 Å². The lowest BCUT2D eigenvalue weighted by atomic mass is 10.1. The van der Waals surface area contributed by atoms with Gasteiger partial charge in [-0.1, -0.05) is 30.7 Å². The van der Waals surface area contributed by atoms with E-state index in [1.54, 1.807) is 28.0 Å². The molecule has 0 aliphatic carbocycles. The average Bonchev–Trinajstić information content (AvgIpc) is 3.11. The molecule has 0 atom stereocenters. The maximum Gasteiger partial charge on any atom is 0.255 e. The van der Waals surface area contributed by atoms with Crippen LogP contribution in [0, 0.1) is 27.7 Å². The van der Waals surface area contributed by atoms with Gasteiger partial charge in [0.1, 0.15) is 4.90 Å². The number of nitrogens with one attached hydrogen (secondary N) is 1. The van der Waals surface area contributed by atoms with Gasteiger partial charge in [-0.2, -0.15) is 9.40 Å². The monoisotopic (exact) mass is 480 g/mol. The Balaban J connectivity index is 1.50. The fourth-order valence-corrected chi connectivity index (χ4v) is 6.35. The molecular weight excluding hydrogens is 448 g/mol. The summed E-state index contributed by atoms with van der Waals surface area (Å²) in [6.45, 7) is 9.13. The summed E-state index contributed by atoms with van der Waals surface area (Å²) in [7, 11) is -3.55. The number of nitrogens with zero attached hydrogens (tertiary/aromatic N) is 3. The molecule has 1 saturated heterocycles. The van der Waals surface area contributed by atoms with Crippen molar-refractivity contribution in [2.75, 3.05) is 18.4 Å². The number of anilines is 1. The zero-order chi connectivity index (χ0) is 24.5. The van der Waals surface area contributed by atoms with Crippen molar-refractivity contribution in [3.05, 3.63) is 76.1 Å². The molecule has 1 amide bonds. The van der Waals surface area contributed by atoms with Gasteiger partial charge in [0.25, 0.3) is 5.91 Å². The van der Waals surface area contributed by atoms with Crippen LogP contribution < -0.4 is 5.32 Å². The zero-order valence-corrected chi connectivity index (χ0v) is 21.1. The van der Waals surface area contributed by atoms with Crippen LogP contribution in [0.4, 0.5) is 5.69 Å². The first-order valence-electron chi connectivity index (χ1n) is 11.7. The molecular formula is C26H32N4O3S. The minimum absolute atomic E-state index is 0.165. The van der Waals surface area contributed by atoms with Gasteiger partial charge in [-0.15, -0.1) is 0 Å². The van der Waals surface area contributed by atoms with Gasteiger partial charge in [0.2, 0.25) is 10.0 Å². The third-order valence-electron chi connectivity index (χ3n) is 6.63. The van der Waals surface area contributed by atoms with Crippen LogP contribution in [-0.4, -0.2) is 41.5 Å². The van der Waals surface area contributed by atoms with Crippen molar-refractivity contribution in [3.63, 3.8) is 0 Å². The molecule has 0 radical (unpaired) electrons. The lowest BCUT2D eigenvalue weighted by molar-refractivity contribution is 0.102. The Hall–Kier alpha value is -2.97. The first kappa shape index (κ1) is 24.2. The Bertz CT molecular complexity index is 1300. The van der Waals surface area contributed by atoms with E-state index in [2.05, 4.69) is 10.4 Å². The molecule has 1 fully saturated rings. The minimum atomic E-state index is -3.55. The van der Waals surface area contributed by atoms with E-state index in [9.17, 15) is 13.2 Å². The number of carbonyl (C=O) groups is 1. The van der Waals surface area contributed by atoms with E-state index in [4.69, 9.17) is 0 Å². The second-order valence-electron chi connectivity index (χ2n) is 9.02. The molecule has 1 aliphatic rings. The summed E-state index contributed by atoms with van der Waals surface area (Å²) >= 11 is 0. The van der Waals surface area contributed by atoms with Crippen LogP contribution in [0.2, 0.25) is 0 Å². The van der Waals surface area contributed by atoms with Gasteiger partial charge in [-0.25, -0.2) is 8.42 Å². The Labute approximate surface area is 201 Å². The van der Waals surface area contributed by atoms with E-state index in [0.29, 0.717) is 41.5 Å². The molecule has 0 bridgehead atoms. The van der Waals surface area contributed by atoms with Gasteiger partial charge in [0.15, 0.2) is 0 Å². The normalized spacial score (nSPS) is 14.8. The van der Waals surface area contributed by atoms with Gasteiger partial charge >= 0.3 is 0 Å². The summed E-state index contributed by atoms with van der Waals surface area (Å²) < 4.78 is 29.8. The predicted molar refractivity (Wildman–Crippen MR) is 134 cm³/mol. The van der Waals surface area contributed by atoms with E-state index in [0.717, 1.165) is 41.6 Å². The molecule has 0 unspecified atom stereocenters. The molecule has 4 rings (SSSR count). The van der Waals surface area contributed by atoms with E-state index in [1.165, 1.54) is 0 Å². The molecule has 0 spiro atoms. The van der Waals surface area contributed by atoms with E-state index >= 15 is 0 Å².